The molecule has 0 bridgehead atoms. The van der Waals surface area contributed by atoms with Crippen LogP contribution in [0.1, 0.15) is 33.1 Å². The van der Waals surface area contributed by atoms with Crippen molar-refractivity contribution in [2.24, 2.45) is 5.92 Å². The fourth-order valence-electron chi connectivity index (χ4n) is 1.88. The number of hydrogen-bond donors (Lipinski definition) is 2. The van der Waals surface area contributed by atoms with Crippen LogP contribution >= 0.6 is 0 Å². The van der Waals surface area contributed by atoms with Gasteiger partial charge in [-0.25, -0.2) is 17.5 Å². The number of rotatable bonds is 8. The predicted molar refractivity (Wildman–Crippen MR) is 76.8 cm³/mol. The fraction of sp³-hybridized carbons (Fsp3) is 0.500. The highest BCUT2D eigenvalue weighted by Gasteiger charge is 2.18. The van der Waals surface area contributed by atoms with E-state index in [0.717, 1.165) is 6.07 Å². The zero-order valence-electron chi connectivity index (χ0n) is 12.0. The summed E-state index contributed by atoms with van der Waals surface area (Å²) in [4.78, 5) is 10.6. The maximum atomic E-state index is 13.1. The number of carbonyl (C=O) groups is 1. The quantitative estimate of drug-likeness (QED) is 0.771. The Morgan fingerprint density at radius 2 is 2.00 bits per heavy atom. The molecule has 1 aromatic rings. The van der Waals surface area contributed by atoms with Crippen molar-refractivity contribution in [2.75, 3.05) is 0 Å². The number of hydrogen-bond acceptors (Lipinski definition) is 3. The molecule has 1 rings (SSSR count). The highest BCUT2D eigenvalue weighted by molar-refractivity contribution is 7.89. The summed E-state index contributed by atoms with van der Waals surface area (Å²) in [6.45, 7) is 3.31. The van der Waals surface area contributed by atoms with Gasteiger partial charge in [0, 0.05) is 6.04 Å². The van der Waals surface area contributed by atoms with Gasteiger partial charge < -0.3 is 5.11 Å². The van der Waals surface area contributed by atoms with Gasteiger partial charge in [-0.3, -0.25) is 4.79 Å². The van der Waals surface area contributed by atoms with Crippen molar-refractivity contribution in [1.29, 1.82) is 0 Å². The molecular weight excluding hydrogens is 297 g/mol. The minimum Gasteiger partial charge on any atom is -0.481 e. The first-order valence-electron chi connectivity index (χ1n) is 6.73. The van der Waals surface area contributed by atoms with Gasteiger partial charge in [0.2, 0.25) is 10.0 Å². The van der Waals surface area contributed by atoms with E-state index in [-0.39, 0.29) is 10.9 Å². The molecule has 0 heterocycles. The van der Waals surface area contributed by atoms with E-state index in [2.05, 4.69) is 4.72 Å². The molecule has 1 aromatic carbocycles. The smallest absolute Gasteiger partial charge is 0.306 e. The SMILES string of the molecule is CC(CCCC(C)C(=O)O)NS(=O)(=O)c1cccc(F)c1. The first kappa shape index (κ1) is 17.6. The normalized spacial score (nSPS) is 14.6. The average Bonchev–Trinajstić information content (AvgIpc) is 2.37. The molecule has 0 fully saturated rings. The minimum atomic E-state index is -3.76. The van der Waals surface area contributed by atoms with E-state index >= 15 is 0 Å². The average molecular weight is 317 g/mol. The molecule has 0 saturated carbocycles. The molecule has 0 amide bonds. The minimum absolute atomic E-state index is 0.117. The first-order chi connectivity index (χ1) is 9.72. The summed E-state index contributed by atoms with van der Waals surface area (Å²) in [5.74, 6) is -1.92. The lowest BCUT2D eigenvalue weighted by atomic mass is 10.0. The summed E-state index contributed by atoms with van der Waals surface area (Å²) >= 11 is 0. The van der Waals surface area contributed by atoms with Gasteiger partial charge in [0.05, 0.1) is 10.8 Å². The molecule has 0 radical (unpaired) electrons. The molecule has 21 heavy (non-hydrogen) atoms. The van der Waals surface area contributed by atoms with Crippen LogP contribution in [0.3, 0.4) is 0 Å². The molecule has 0 aliphatic rings. The Kier molecular flexibility index (Phi) is 6.29. The molecular formula is C14H20FNO4S. The van der Waals surface area contributed by atoms with Crippen molar-refractivity contribution in [2.45, 2.75) is 44.0 Å². The lowest BCUT2D eigenvalue weighted by molar-refractivity contribution is -0.141. The molecule has 7 heteroatoms. The molecule has 2 unspecified atom stereocenters. The third kappa shape index (κ3) is 5.81. The Morgan fingerprint density at radius 3 is 2.57 bits per heavy atom. The molecule has 0 aliphatic heterocycles. The van der Waals surface area contributed by atoms with Gasteiger partial charge in [0.25, 0.3) is 0 Å². The molecule has 5 nitrogen and oxygen atoms in total. The monoisotopic (exact) mass is 317 g/mol. The van der Waals surface area contributed by atoms with Crippen LogP contribution in [-0.2, 0) is 14.8 Å². The van der Waals surface area contributed by atoms with E-state index < -0.39 is 27.7 Å². The highest BCUT2D eigenvalue weighted by atomic mass is 32.2. The number of sulfonamides is 1. The molecule has 0 aliphatic carbocycles. The summed E-state index contributed by atoms with van der Waals surface area (Å²) in [6, 6.07) is 4.45. The molecule has 0 saturated heterocycles. The summed E-state index contributed by atoms with van der Waals surface area (Å²) in [7, 11) is -3.76. The zero-order chi connectivity index (χ0) is 16.0. The first-order valence-corrected chi connectivity index (χ1v) is 8.21. The Morgan fingerprint density at radius 1 is 1.33 bits per heavy atom. The van der Waals surface area contributed by atoms with Gasteiger partial charge >= 0.3 is 5.97 Å². The van der Waals surface area contributed by atoms with Crippen molar-refractivity contribution >= 4 is 16.0 Å². The Bertz CT molecular complexity index is 588. The van der Waals surface area contributed by atoms with Crippen LogP contribution in [0, 0.1) is 11.7 Å². The Balaban J connectivity index is 2.54. The van der Waals surface area contributed by atoms with Gasteiger partial charge in [-0.05, 0) is 38.0 Å². The van der Waals surface area contributed by atoms with Crippen molar-refractivity contribution in [3.63, 3.8) is 0 Å². The van der Waals surface area contributed by atoms with E-state index in [0.29, 0.717) is 19.3 Å². The maximum Gasteiger partial charge on any atom is 0.306 e. The van der Waals surface area contributed by atoms with Crippen LogP contribution < -0.4 is 4.72 Å². The second-order valence-electron chi connectivity index (χ2n) is 5.15. The van der Waals surface area contributed by atoms with Crippen LogP contribution in [-0.4, -0.2) is 25.5 Å². The highest BCUT2D eigenvalue weighted by Crippen LogP contribution is 2.14. The second kappa shape index (κ2) is 7.51. The maximum absolute atomic E-state index is 13.1. The third-order valence-electron chi connectivity index (χ3n) is 3.16. The largest absolute Gasteiger partial charge is 0.481 e. The number of aliphatic carboxylic acids is 1. The lowest BCUT2D eigenvalue weighted by Crippen LogP contribution is -2.32. The van der Waals surface area contributed by atoms with Gasteiger partial charge in [0.1, 0.15) is 5.82 Å². The number of halogens is 1. The van der Waals surface area contributed by atoms with Crippen molar-refractivity contribution < 1.29 is 22.7 Å². The van der Waals surface area contributed by atoms with Crippen molar-refractivity contribution in [1.82, 2.24) is 4.72 Å². The standard InChI is InChI=1S/C14H20FNO4S/c1-10(14(17)18)5-3-6-11(2)16-21(19,20)13-8-4-7-12(15)9-13/h4,7-11,16H,3,5-6H2,1-2H3,(H,17,18). The van der Waals surface area contributed by atoms with Gasteiger partial charge in [-0.1, -0.05) is 19.4 Å². The van der Waals surface area contributed by atoms with E-state index in [1.165, 1.54) is 18.2 Å². The number of nitrogens with one attached hydrogen (secondary N) is 1. The fourth-order valence-corrected chi connectivity index (χ4v) is 3.19. The van der Waals surface area contributed by atoms with Crippen LogP contribution in [0.15, 0.2) is 29.2 Å². The third-order valence-corrected chi connectivity index (χ3v) is 4.75. The van der Waals surface area contributed by atoms with Crippen molar-refractivity contribution in [3.8, 4) is 0 Å². The van der Waals surface area contributed by atoms with Gasteiger partial charge in [-0.2, -0.15) is 0 Å². The molecule has 0 aromatic heterocycles. The summed E-state index contributed by atoms with van der Waals surface area (Å²) in [5.41, 5.74) is 0. The lowest BCUT2D eigenvalue weighted by Gasteiger charge is -2.15. The number of carboxylic acid groups (broad SMARTS) is 1. The summed E-state index contributed by atoms with van der Waals surface area (Å²) in [6.07, 6.45) is 1.60. The molecule has 2 N–H and O–H groups in total. The van der Waals surface area contributed by atoms with E-state index in [1.54, 1.807) is 13.8 Å². The summed E-state index contributed by atoms with van der Waals surface area (Å²) in [5, 5.41) is 8.76. The Labute approximate surface area is 124 Å². The van der Waals surface area contributed by atoms with Crippen LogP contribution in [0.5, 0.6) is 0 Å². The van der Waals surface area contributed by atoms with Crippen LogP contribution in [0.2, 0.25) is 0 Å². The molecule has 2 atom stereocenters. The van der Waals surface area contributed by atoms with Gasteiger partial charge in [0.15, 0.2) is 0 Å². The topological polar surface area (TPSA) is 83.5 Å². The molecule has 118 valence electrons. The Hall–Kier alpha value is -1.47. The predicted octanol–water partition coefficient (Wildman–Crippen LogP) is 2.38. The zero-order valence-corrected chi connectivity index (χ0v) is 12.9. The van der Waals surface area contributed by atoms with Crippen LogP contribution in [0.4, 0.5) is 4.39 Å². The van der Waals surface area contributed by atoms with Crippen molar-refractivity contribution in [3.05, 3.63) is 30.1 Å². The van der Waals surface area contributed by atoms with Crippen LogP contribution in [0.25, 0.3) is 0 Å². The number of carboxylic acids is 1. The van der Waals surface area contributed by atoms with E-state index in [1.807, 2.05) is 0 Å². The number of benzene rings is 1. The van der Waals surface area contributed by atoms with E-state index in [9.17, 15) is 17.6 Å². The summed E-state index contributed by atoms with van der Waals surface area (Å²) < 4.78 is 39.6. The second-order valence-corrected chi connectivity index (χ2v) is 6.86. The van der Waals surface area contributed by atoms with Gasteiger partial charge in [-0.15, -0.1) is 0 Å². The molecule has 0 spiro atoms. The van der Waals surface area contributed by atoms with E-state index in [4.69, 9.17) is 5.11 Å².